The zero-order valence-electron chi connectivity index (χ0n) is 12.0. The van der Waals surface area contributed by atoms with E-state index in [1.54, 1.807) is 0 Å². The van der Waals surface area contributed by atoms with Crippen LogP contribution in [-0.2, 0) is 4.74 Å². The predicted molar refractivity (Wildman–Crippen MR) is 77.8 cm³/mol. The molecule has 0 aromatic carbocycles. The van der Waals surface area contributed by atoms with Gasteiger partial charge in [0.2, 0.25) is 5.95 Å². The molecule has 0 saturated carbocycles. The quantitative estimate of drug-likeness (QED) is 0.804. The Morgan fingerprint density at radius 3 is 2.83 bits per heavy atom. The lowest BCUT2D eigenvalue weighted by Gasteiger charge is -2.26. The highest BCUT2D eigenvalue weighted by Crippen LogP contribution is 2.16. The molecule has 1 aliphatic heterocycles. The van der Waals surface area contributed by atoms with Gasteiger partial charge in [-0.3, -0.25) is 14.6 Å². The third kappa shape index (κ3) is 3.48. The Bertz CT molecular complexity index is 774. The molecule has 9 nitrogen and oxygen atoms in total. The van der Waals surface area contributed by atoms with Crippen molar-refractivity contribution in [2.24, 2.45) is 0 Å². The summed E-state index contributed by atoms with van der Waals surface area (Å²) in [5.41, 5.74) is -0.627. The van der Waals surface area contributed by atoms with Crippen molar-refractivity contribution in [1.82, 2.24) is 19.9 Å². The van der Waals surface area contributed by atoms with Crippen LogP contribution in [0.3, 0.4) is 0 Å². The normalized spacial score (nSPS) is 14.6. The Labute approximate surface area is 129 Å². The van der Waals surface area contributed by atoms with Gasteiger partial charge in [0.25, 0.3) is 11.5 Å². The average molecular weight is 320 g/mol. The number of aromatic nitrogens is 4. The fourth-order valence-corrected chi connectivity index (χ4v) is 2.03. The molecule has 0 radical (unpaired) electrons. The van der Waals surface area contributed by atoms with Gasteiger partial charge < -0.3 is 19.9 Å². The van der Waals surface area contributed by atoms with E-state index in [2.05, 4.69) is 25.3 Å². The number of amides is 1. The van der Waals surface area contributed by atoms with Crippen LogP contribution in [-0.4, -0.2) is 52.1 Å². The number of aromatic amines is 1. The minimum absolute atomic E-state index is 0.0940. The van der Waals surface area contributed by atoms with Crippen molar-refractivity contribution < 1.29 is 13.9 Å². The lowest BCUT2D eigenvalue weighted by molar-refractivity contribution is 0.102. The summed E-state index contributed by atoms with van der Waals surface area (Å²) in [5, 5.41) is 2.30. The molecule has 1 aliphatic rings. The molecule has 1 amide bonds. The SMILES string of the molecule is O=C(Nc1nc(N2CCOCC2)ncc1F)c1cncc(=O)[nH]1. The van der Waals surface area contributed by atoms with Crippen LogP contribution in [0.15, 0.2) is 23.4 Å². The standard InChI is InChI=1S/C13H13FN6O3/c14-8-5-16-13(20-1-3-23-4-2-20)19-11(8)18-12(22)9-6-15-7-10(21)17-9/h5-7H,1-4H2,(H,17,21)(H,16,18,19,22). The highest BCUT2D eigenvalue weighted by Gasteiger charge is 2.18. The van der Waals surface area contributed by atoms with E-state index >= 15 is 0 Å². The van der Waals surface area contributed by atoms with Crippen LogP contribution in [0.5, 0.6) is 0 Å². The van der Waals surface area contributed by atoms with Crippen LogP contribution in [0.4, 0.5) is 16.2 Å². The number of hydrogen-bond donors (Lipinski definition) is 2. The Kier molecular flexibility index (Phi) is 4.24. The fraction of sp³-hybridized carbons (Fsp3) is 0.308. The summed E-state index contributed by atoms with van der Waals surface area (Å²) in [6, 6.07) is 0. The maximum atomic E-state index is 13.8. The molecule has 3 rings (SSSR count). The molecule has 2 aromatic heterocycles. The van der Waals surface area contributed by atoms with E-state index in [-0.39, 0.29) is 11.5 Å². The topological polar surface area (TPSA) is 113 Å². The number of ether oxygens (including phenoxy) is 1. The molecule has 0 unspecified atom stereocenters. The number of nitrogens with zero attached hydrogens (tertiary/aromatic N) is 4. The van der Waals surface area contributed by atoms with Crippen LogP contribution < -0.4 is 15.8 Å². The van der Waals surface area contributed by atoms with E-state index < -0.39 is 17.3 Å². The third-order valence-corrected chi connectivity index (χ3v) is 3.16. The zero-order valence-corrected chi connectivity index (χ0v) is 12.0. The van der Waals surface area contributed by atoms with E-state index in [0.29, 0.717) is 32.3 Å². The van der Waals surface area contributed by atoms with Crippen molar-refractivity contribution in [1.29, 1.82) is 0 Å². The van der Waals surface area contributed by atoms with Crippen LogP contribution in [0, 0.1) is 5.82 Å². The van der Waals surface area contributed by atoms with Crippen molar-refractivity contribution in [3.8, 4) is 0 Å². The lowest BCUT2D eigenvalue weighted by atomic mass is 10.4. The number of H-pyrrole nitrogens is 1. The molecule has 23 heavy (non-hydrogen) atoms. The van der Waals surface area contributed by atoms with Crippen molar-refractivity contribution in [3.63, 3.8) is 0 Å². The van der Waals surface area contributed by atoms with Crippen molar-refractivity contribution in [3.05, 3.63) is 40.5 Å². The second kappa shape index (κ2) is 6.48. The van der Waals surface area contributed by atoms with Crippen LogP contribution in [0.2, 0.25) is 0 Å². The minimum atomic E-state index is -0.776. The molecule has 0 atom stereocenters. The van der Waals surface area contributed by atoms with E-state index in [1.165, 1.54) is 6.20 Å². The van der Waals surface area contributed by atoms with Crippen molar-refractivity contribution in [2.45, 2.75) is 0 Å². The van der Waals surface area contributed by atoms with Crippen LogP contribution in [0.25, 0.3) is 0 Å². The summed E-state index contributed by atoms with van der Waals surface area (Å²) in [6.07, 6.45) is 3.18. The zero-order chi connectivity index (χ0) is 16.2. The summed E-state index contributed by atoms with van der Waals surface area (Å²) >= 11 is 0. The van der Waals surface area contributed by atoms with Crippen LogP contribution >= 0.6 is 0 Å². The summed E-state index contributed by atoms with van der Waals surface area (Å²) in [5.74, 6) is -1.47. The highest BCUT2D eigenvalue weighted by atomic mass is 19.1. The van der Waals surface area contributed by atoms with E-state index in [0.717, 1.165) is 12.4 Å². The van der Waals surface area contributed by atoms with Crippen molar-refractivity contribution >= 4 is 17.7 Å². The Morgan fingerprint density at radius 1 is 1.30 bits per heavy atom. The summed E-state index contributed by atoms with van der Waals surface area (Å²) in [6.45, 7) is 2.21. The summed E-state index contributed by atoms with van der Waals surface area (Å²) in [7, 11) is 0. The molecule has 0 aliphatic carbocycles. The van der Waals surface area contributed by atoms with Gasteiger partial charge >= 0.3 is 0 Å². The second-order valence-corrected chi connectivity index (χ2v) is 4.73. The molecule has 2 aromatic rings. The maximum absolute atomic E-state index is 13.8. The van der Waals surface area contributed by atoms with Gasteiger partial charge in [-0.2, -0.15) is 4.98 Å². The molecular weight excluding hydrogens is 307 g/mol. The molecule has 0 spiro atoms. The van der Waals surface area contributed by atoms with Gasteiger partial charge in [0, 0.05) is 13.1 Å². The molecule has 1 saturated heterocycles. The monoisotopic (exact) mass is 320 g/mol. The molecular formula is C13H13FN6O3. The molecule has 10 heteroatoms. The first-order valence-electron chi connectivity index (χ1n) is 6.84. The highest BCUT2D eigenvalue weighted by molar-refractivity contribution is 6.02. The number of morpholine rings is 1. The number of hydrogen-bond acceptors (Lipinski definition) is 7. The summed E-state index contributed by atoms with van der Waals surface area (Å²) in [4.78, 5) is 38.9. The number of anilines is 2. The van der Waals surface area contributed by atoms with Gasteiger partial charge in [0.1, 0.15) is 5.69 Å². The van der Waals surface area contributed by atoms with Gasteiger partial charge in [0.15, 0.2) is 11.6 Å². The largest absolute Gasteiger partial charge is 0.378 e. The van der Waals surface area contributed by atoms with E-state index in [9.17, 15) is 14.0 Å². The number of carbonyl (C=O) groups excluding carboxylic acids is 1. The second-order valence-electron chi connectivity index (χ2n) is 4.73. The molecule has 1 fully saturated rings. The van der Waals surface area contributed by atoms with Gasteiger partial charge in [-0.05, 0) is 0 Å². The minimum Gasteiger partial charge on any atom is -0.378 e. The smallest absolute Gasteiger partial charge is 0.275 e. The van der Waals surface area contributed by atoms with Crippen molar-refractivity contribution in [2.75, 3.05) is 36.5 Å². The Morgan fingerprint density at radius 2 is 2.09 bits per heavy atom. The molecule has 3 heterocycles. The third-order valence-electron chi connectivity index (χ3n) is 3.16. The van der Waals surface area contributed by atoms with Gasteiger partial charge in [0.05, 0.1) is 31.8 Å². The number of halogens is 1. The maximum Gasteiger partial charge on any atom is 0.275 e. The van der Waals surface area contributed by atoms with Gasteiger partial charge in [-0.25, -0.2) is 9.37 Å². The molecule has 0 bridgehead atoms. The first-order chi connectivity index (χ1) is 11.1. The first-order valence-corrected chi connectivity index (χ1v) is 6.84. The Hall–Kier alpha value is -2.88. The first kappa shape index (κ1) is 15.0. The molecule has 2 N–H and O–H groups in total. The number of rotatable bonds is 3. The van der Waals surface area contributed by atoms with Crippen LogP contribution in [0.1, 0.15) is 10.5 Å². The van der Waals surface area contributed by atoms with Gasteiger partial charge in [-0.1, -0.05) is 0 Å². The number of carbonyl (C=O) groups is 1. The van der Waals surface area contributed by atoms with Gasteiger partial charge in [-0.15, -0.1) is 0 Å². The van der Waals surface area contributed by atoms with E-state index in [4.69, 9.17) is 4.74 Å². The Balaban J connectivity index is 1.81. The molecule has 120 valence electrons. The average Bonchev–Trinajstić information content (AvgIpc) is 2.57. The fourth-order valence-electron chi connectivity index (χ4n) is 2.03. The summed E-state index contributed by atoms with van der Waals surface area (Å²) < 4.78 is 19.0. The predicted octanol–water partition coefficient (Wildman–Crippen LogP) is -0.212. The van der Waals surface area contributed by atoms with E-state index in [1.807, 2.05) is 4.90 Å². The number of nitrogens with one attached hydrogen (secondary N) is 2. The lowest BCUT2D eigenvalue weighted by Crippen LogP contribution is -2.37.